The third kappa shape index (κ3) is 5.42. The number of methoxy groups -OCH3 is 1. The summed E-state index contributed by atoms with van der Waals surface area (Å²) in [7, 11) is 1.64. The van der Waals surface area contributed by atoms with Crippen molar-refractivity contribution in [1.29, 1.82) is 0 Å². The zero-order valence-corrected chi connectivity index (χ0v) is 20.4. The van der Waals surface area contributed by atoms with Gasteiger partial charge in [0, 0.05) is 19.1 Å². The Kier molecular flexibility index (Phi) is 7.53. The highest BCUT2D eigenvalue weighted by molar-refractivity contribution is 5.78. The summed E-state index contributed by atoms with van der Waals surface area (Å²) in [4.78, 5) is 15.0. The van der Waals surface area contributed by atoms with Crippen molar-refractivity contribution in [3.8, 4) is 23.1 Å². The van der Waals surface area contributed by atoms with Crippen LogP contribution >= 0.6 is 0 Å². The van der Waals surface area contributed by atoms with Crippen LogP contribution in [-0.4, -0.2) is 47.0 Å². The maximum Gasteiger partial charge on any atom is 0.227 e. The predicted octanol–water partition coefficient (Wildman–Crippen LogP) is 5.15. The van der Waals surface area contributed by atoms with Gasteiger partial charge in [0.05, 0.1) is 36.7 Å². The van der Waals surface area contributed by atoms with Crippen molar-refractivity contribution in [2.24, 2.45) is 5.92 Å². The molecule has 1 aromatic heterocycles. The first-order valence-electron chi connectivity index (χ1n) is 11.8. The molecule has 3 aromatic rings. The van der Waals surface area contributed by atoms with E-state index in [0.29, 0.717) is 24.7 Å². The highest BCUT2D eigenvalue weighted by Crippen LogP contribution is 2.33. The van der Waals surface area contributed by atoms with Crippen LogP contribution in [0, 0.1) is 12.8 Å². The van der Waals surface area contributed by atoms with Gasteiger partial charge < -0.3 is 19.1 Å². The second-order valence-electron chi connectivity index (χ2n) is 8.90. The molecular formula is C27H33N3O4. The van der Waals surface area contributed by atoms with Crippen molar-refractivity contribution in [2.75, 3.05) is 20.3 Å². The number of carbonyl (C=O) groups is 1. The number of hydrogen-bond acceptors (Lipinski definition) is 5. The van der Waals surface area contributed by atoms with Gasteiger partial charge in [0.2, 0.25) is 11.8 Å². The van der Waals surface area contributed by atoms with Crippen LogP contribution in [0.15, 0.2) is 54.6 Å². The molecule has 0 bridgehead atoms. The largest absolute Gasteiger partial charge is 0.497 e. The van der Waals surface area contributed by atoms with E-state index < -0.39 is 0 Å². The first kappa shape index (κ1) is 23.8. The summed E-state index contributed by atoms with van der Waals surface area (Å²) in [6.07, 6.45) is 2.07. The number of benzene rings is 2. The Bertz CT molecular complexity index is 1090. The second-order valence-corrected chi connectivity index (χ2v) is 8.90. The molecule has 1 amide bonds. The average Bonchev–Trinajstić information content (AvgIpc) is 3.47. The minimum atomic E-state index is -0.114. The van der Waals surface area contributed by atoms with Gasteiger partial charge in [-0.25, -0.2) is 4.68 Å². The summed E-state index contributed by atoms with van der Waals surface area (Å²) in [6, 6.07) is 17.3. The van der Waals surface area contributed by atoms with Crippen LogP contribution in [-0.2, 0) is 16.1 Å². The quantitative estimate of drug-likeness (QED) is 0.439. The Morgan fingerprint density at radius 2 is 1.85 bits per heavy atom. The summed E-state index contributed by atoms with van der Waals surface area (Å²) < 4.78 is 19.3. The van der Waals surface area contributed by atoms with E-state index >= 15 is 0 Å². The van der Waals surface area contributed by atoms with Crippen LogP contribution in [0.1, 0.15) is 37.9 Å². The van der Waals surface area contributed by atoms with Crippen LogP contribution in [0.2, 0.25) is 0 Å². The maximum absolute atomic E-state index is 13.2. The predicted molar refractivity (Wildman–Crippen MR) is 131 cm³/mol. The normalized spacial score (nSPS) is 15.5. The lowest BCUT2D eigenvalue weighted by atomic mass is 10.1. The molecule has 1 saturated heterocycles. The number of aromatic nitrogens is 2. The van der Waals surface area contributed by atoms with E-state index in [1.807, 2.05) is 80.3 Å². The number of nitrogens with zero attached hydrogens (tertiary/aromatic N) is 3. The first-order valence-corrected chi connectivity index (χ1v) is 11.8. The van der Waals surface area contributed by atoms with Crippen molar-refractivity contribution in [3.05, 3.63) is 65.9 Å². The fourth-order valence-corrected chi connectivity index (χ4v) is 4.15. The zero-order valence-electron chi connectivity index (χ0n) is 20.4. The van der Waals surface area contributed by atoms with E-state index in [-0.39, 0.29) is 17.9 Å². The fraction of sp³-hybridized carbons (Fsp3) is 0.407. The molecule has 1 atom stereocenters. The Hall–Kier alpha value is -3.32. The van der Waals surface area contributed by atoms with Gasteiger partial charge in [-0.2, -0.15) is 5.10 Å². The number of amides is 1. The molecule has 4 rings (SSSR count). The second kappa shape index (κ2) is 10.7. The number of ether oxygens (including phenoxy) is 3. The van der Waals surface area contributed by atoms with Gasteiger partial charge in [-0.1, -0.05) is 32.0 Å². The fourth-order valence-electron chi connectivity index (χ4n) is 4.15. The number of para-hydroxylation sites is 1. The van der Waals surface area contributed by atoms with Crippen LogP contribution in [0.5, 0.6) is 17.4 Å². The van der Waals surface area contributed by atoms with E-state index in [2.05, 4.69) is 0 Å². The zero-order chi connectivity index (χ0) is 24.1. The topological polar surface area (TPSA) is 65.8 Å². The summed E-state index contributed by atoms with van der Waals surface area (Å²) in [5.74, 6) is 2.00. The summed E-state index contributed by atoms with van der Waals surface area (Å²) in [5, 5.41) is 4.80. The standard InChI is InChI=1S/C27H33N3O4/c1-19(2)26(31)29(17-24-11-8-16-33-24)18-25-20(3)28-30(21-9-6-5-7-10-21)27(25)34-23-14-12-22(32-4)13-15-23/h5-7,9-10,12-15,19,24H,8,11,16-18H2,1-4H3/t24-/m0/s1. The molecule has 0 spiro atoms. The molecule has 0 N–H and O–H groups in total. The van der Waals surface area contributed by atoms with E-state index in [0.717, 1.165) is 42.1 Å². The third-order valence-corrected chi connectivity index (χ3v) is 6.01. The monoisotopic (exact) mass is 463 g/mol. The van der Waals surface area contributed by atoms with E-state index in [1.54, 1.807) is 11.8 Å². The molecule has 7 nitrogen and oxygen atoms in total. The molecular weight excluding hydrogens is 430 g/mol. The molecule has 0 unspecified atom stereocenters. The van der Waals surface area contributed by atoms with Crippen LogP contribution in [0.3, 0.4) is 0 Å². The number of rotatable bonds is 9. The van der Waals surface area contributed by atoms with Crippen molar-refractivity contribution >= 4 is 5.91 Å². The molecule has 0 aliphatic carbocycles. The highest BCUT2D eigenvalue weighted by Gasteiger charge is 2.28. The first-order chi connectivity index (χ1) is 16.5. The summed E-state index contributed by atoms with van der Waals surface area (Å²) in [6.45, 7) is 7.54. The van der Waals surface area contributed by atoms with Gasteiger partial charge in [0.25, 0.3) is 0 Å². The molecule has 1 fully saturated rings. The minimum absolute atomic E-state index is 0.0677. The van der Waals surface area contributed by atoms with Gasteiger partial charge in [0.1, 0.15) is 11.5 Å². The van der Waals surface area contributed by atoms with Gasteiger partial charge in [0.15, 0.2) is 0 Å². The molecule has 1 aliphatic rings. The third-order valence-electron chi connectivity index (χ3n) is 6.01. The van der Waals surface area contributed by atoms with Gasteiger partial charge in [-0.15, -0.1) is 0 Å². The number of hydrogen-bond donors (Lipinski definition) is 0. The minimum Gasteiger partial charge on any atom is -0.497 e. The molecule has 1 aliphatic heterocycles. The van der Waals surface area contributed by atoms with E-state index in [4.69, 9.17) is 19.3 Å². The average molecular weight is 464 g/mol. The summed E-state index contributed by atoms with van der Waals surface area (Å²) >= 11 is 0. The van der Waals surface area contributed by atoms with Crippen LogP contribution < -0.4 is 9.47 Å². The lowest BCUT2D eigenvalue weighted by molar-refractivity contribution is -0.136. The van der Waals surface area contributed by atoms with Crippen LogP contribution in [0.25, 0.3) is 5.69 Å². The SMILES string of the molecule is COc1ccc(Oc2c(CN(C[C@@H]3CCCO3)C(=O)C(C)C)c(C)nn2-c2ccccc2)cc1. The molecule has 2 heterocycles. The number of carbonyl (C=O) groups excluding carboxylic acids is 1. The van der Waals surface area contributed by atoms with Crippen LogP contribution in [0.4, 0.5) is 0 Å². The van der Waals surface area contributed by atoms with E-state index in [1.165, 1.54) is 0 Å². The van der Waals surface area contributed by atoms with Crippen molar-refractivity contribution in [2.45, 2.75) is 46.3 Å². The number of aryl methyl sites for hydroxylation is 1. The van der Waals surface area contributed by atoms with Crippen molar-refractivity contribution in [1.82, 2.24) is 14.7 Å². The molecule has 0 saturated carbocycles. The van der Waals surface area contributed by atoms with E-state index in [9.17, 15) is 4.79 Å². The van der Waals surface area contributed by atoms with Gasteiger partial charge >= 0.3 is 0 Å². The Morgan fingerprint density at radius 1 is 1.15 bits per heavy atom. The molecule has 180 valence electrons. The van der Waals surface area contributed by atoms with Crippen molar-refractivity contribution in [3.63, 3.8) is 0 Å². The lowest BCUT2D eigenvalue weighted by Gasteiger charge is -2.27. The Morgan fingerprint density at radius 3 is 2.47 bits per heavy atom. The van der Waals surface area contributed by atoms with Gasteiger partial charge in [-0.3, -0.25) is 4.79 Å². The maximum atomic E-state index is 13.2. The van der Waals surface area contributed by atoms with Crippen molar-refractivity contribution < 1.29 is 19.0 Å². The molecule has 0 radical (unpaired) electrons. The summed E-state index contributed by atoms with van der Waals surface area (Å²) in [5.41, 5.74) is 2.59. The molecule has 2 aromatic carbocycles. The lowest BCUT2D eigenvalue weighted by Crippen LogP contribution is -2.39. The Labute approximate surface area is 201 Å². The molecule has 34 heavy (non-hydrogen) atoms. The molecule has 7 heteroatoms. The van der Waals surface area contributed by atoms with Gasteiger partial charge in [-0.05, 0) is 56.2 Å². The smallest absolute Gasteiger partial charge is 0.227 e. The highest BCUT2D eigenvalue weighted by atomic mass is 16.5. The Balaban J connectivity index is 1.71.